The highest BCUT2D eigenvalue weighted by atomic mass is 35.5. The third-order valence-corrected chi connectivity index (χ3v) is 6.05. The van der Waals surface area contributed by atoms with Crippen LogP contribution < -0.4 is 20.9 Å². The van der Waals surface area contributed by atoms with Crippen LogP contribution in [0.3, 0.4) is 0 Å². The van der Waals surface area contributed by atoms with Crippen LogP contribution in [0, 0.1) is 5.82 Å². The molecule has 3 aromatic rings. The first-order valence-electron chi connectivity index (χ1n) is 13.2. The van der Waals surface area contributed by atoms with Crippen LogP contribution >= 0.6 is 11.6 Å². The Bertz CT molecular complexity index is 1340. The van der Waals surface area contributed by atoms with Crippen LogP contribution in [-0.2, 0) is 9.59 Å². The summed E-state index contributed by atoms with van der Waals surface area (Å²) in [6.07, 6.45) is 5.62. The van der Waals surface area contributed by atoms with Crippen molar-refractivity contribution >= 4 is 35.4 Å². The number of hydrogen-bond donors (Lipinski definition) is 3. The summed E-state index contributed by atoms with van der Waals surface area (Å²) in [4.78, 5) is 30.5. The molecule has 0 radical (unpaired) electrons. The fourth-order valence-corrected chi connectivity index (χ4v) is 4.23. The molecule has 1 aromatic heterocycles. The Balaban J connectivity index is 0.000000902. The Kier molecular flexibility index (Phi) is 13.1. The molecule has 4 rings (SSSR count). The lowest BCUT2D eigenvalue weighted by Gasteiger charge is -2.28. The number of nitrogens with zero attached hydrogens (tertiary/aromatic N) is 4. The van der Waals surface area contributed by atoms with Crippen LogP contribution in [0.25, 0.3) is 22.3 Å². The fraction of sp³-hybridized carbons (Fsp3) is 0.300. The van der Waals surface area contributed by atoms with E-state index in [2.05, 4.69) is 20.9 Å². The number of halogens is 2. The first kappa shape index (κ1) is 33.1. The van der Waals surface area contributed by atoms with E-state index in [1.807, 2.05) is 34.0 Å². The number of piperazine rings is 1. The largest absolute Gasteiger partial charge is 0.507 e. The smallest absolute Gasteiger partial charge is 0.218 e. The Labute approximate surface area is 246 Å². The average Bonchev–Trinajstić information content (AvgIpc) is 2.96. The number of carbonyl (C=O) groups is 2. The zero-order chi connectivity index (χ0) is 30.5. The SMILES string of the molecule is CC.CC(N)=O.CN(C)/C=C\N(C=O)c1ccc(-c2cc(F)cc(-c3ccnc(N4CCNCC4)c3)c2O)cc1Cl. The molecule has 1 aliphatic rings. The van der Waals surface area contributed by atoms with Gasteiger partial charge in [0.25, 0.3) is 0 Å². The molecule has 0 atom stereocenters. The number of anilines is 2. The first-order chi connectivity index (χ1) is 19.6. The van der Waals surface area contributed by atoms with Gasteiger partial charge in [-0.05, 0) is 47.5 Å². The van der Waals surface area contributed by atoms with Crippen molar-refractivity contribution in [3.63, 3.8) is 0 Å². The fourth-order valence-electron chi connectivity index (χ4n) is 3.95. The molecule has 0 bridgehead atoms. The molecule has 220 valence electrons. The maximum absolute atomic E-state index is 14.7. The van der Waals surface area contributed by atoms with E-state index in [1.54, 1.807) is 47.8 Å². The van der Waals surface area contributed by atoms with Crippen molar-refractivity contribution in [2.24, 2.45) is 5.73 Å². The number of primary amides is 1. The molecule has 4 N–H and O–H groups in total. The van der Waals surface area contributed by atoms with E-state index in [0.717, 1.165) is 32.0 Å². The number of nitrogens with two attached hydrogens (primary N) is 1. The molecule has 0 spiro atoms. The van der Waals surface area contributed by atoms with Gasteiger partial charge in [-0.25, -0.2) is 9.37 Å². The molecule has 0 unspecified atom stereocenters. The summed E-state index contributed by atoms with van der Waals surface area (Å²) in [5.41, 5.74) is 6.79. The summed E-state index contributed by atoms with van der Waals surface area (Å²) in [7, 11) is 3.67. The average molecular weight is 585 g/mol. The van der Waals surface area contributed by atoms with Crippen LogP contribution in [0.2, 0.25) is 5.02 Å². The van der Waals surface area contributed by atoms with Crippen LogP contribution in [0.5, 0.6) is 5.75 Å². The minimum absolute atomic E-state index is 0.0626. The van der Waals surface area contributed by atoms with Gasteiger partial charge in [-0.15, -0.1) is 0 Å². The third kappa shape index (κ3) is 9.47. The van der Waals surface area contributed by atoms with Gasteiger partial charge in [-0.1, -0.05) is 31.5 Å². The van der Waals surface area contributed by atoms with E-state index in [9.17, 15) is 19.1 Å². The van der Waals surface area contributed by atoms with Crippen molar-refractivity contribution in [3.05, 3.63) is 71.9 Å². The second-order valence-electron chi connectivity index (χ2n) is 9.04. The predicted octanol–water partition coefficient (Wildman–Crippen LogP) is 4.84. The van der Waals surface area contributed by atoms with Gasteiger partial charge in [0, 0.05) is 76.9 Å². The Morgan fingerprint density at radius 1 is 1.07 bits per heavy atom. The number of aromatic nitrogens is 1. The molecular weight excluding hydrogens is 547 g/mol. The molecule has 2 heterocycles. The molecular formula is C30H38ClFN6O3. The van der Waals surface area contributed by atoms with Crippen LogP contribution in [0.4, 0.5) is 15.9 Å². The number of pyridine rings is 1. The summed E-state index contributed by atoms with van der Waals surface area (Å²) in [5, 5.41) is 14.7. The van der Waals surface area contributed by atoms with Crippen LogP contribution in [-0.4, -0.2) is 67.6 Å². The van der Waals surface area contributed by atoms with E-state index in [0.29, 0.717) is 34.4 Å². The van der Waals surface area contributed by atoms with Crippen molar-refractivity contribution in [2.45, 2.75) is 20.8 Å². The van der Waals surface area contributed by atoms with Crippen LogP contribution in [0.15, 0.2) is 61.1 Å². The summed E-state index contributed by atoms with van der Waals surface area (Å²) < 4.78 is 14.7. The zero-order valence-corrected chi connectivity index (χ0v) is 24.8. The number of amides is 2. The number of carbonyl (C=O) groups excluding carboxylic acids is 2. The molecule has 2 amide bonds. The van der Waals surface area contributed by atoms with Crippen molar-refractivity contribution in [1.82, 2.24) is 15.2 Å². The highest BCUT2D eigenvalue weighted by molar-refractivity contribution is 6.34. The maximum Gasteiger partial charge on any atom is 0.218 e. The molecule has 1 saturated heterocycles. The minimum Gasteiger partial charge on any atom is -0.507 e. The number of nitrogens with one attached hydrogen (secondary N) is 1. The molecule has 41 heavy (non-hydrogen) atoms. The molecule has 9 nitrogen and oxygen atoms in total. The summed E-state index contributed by atoms with van der Waals surface area (Å²) in [6.45, 7) is 8.68. The quantitative estimate of drug-likeness (QED) is 0.341. The lowest BCUT2D eigenvalue weighted by atomic mass is 9.97. The topological polar surface area (TPSA) is 115 Å². The highest BCUT2D eigenvalue weighted by Crippen LogP contribution is 2.41. The van der Waals surface area contributed by atoms with Crippen LogP contribution in [0.1, 0.15) is 20.8 Å². The van der Waals surface area contributed by atoms with E-state index in [1.165, 1.54) is 24.0 Å². The summed E-state index contributed by atoms with van der Waals surface area (Å²) in [6, 6.07) is 11.1. The second-order valence-corrected chi connectivity index (χ2v) is 9.45. The van der Waals surface area contributed by atoms with Crippen molar-refractivity contribution in [3.8, 4) is 28.0 Å². The molecule has 1 aliphatic heterocycles. The standard InChI is InChI=1S/C26H27ClFN5O2.C2H5NO.C2H6/c1-31(2)11-12-33(17-34)24-4-3-18(13-23(24)27)21-15-20(28)16-22(26(21)35)19-5-6-30-25(14-19)32-9-7-29-8-10-32;1-2(3)4;1-2/h3-6,11-17,29,35H,7-10H2,1-2H3;1H3,(H2,3,4);1-2H3/b12-11-;;. The Morgan fingerprint density at radius 3 is 2.20 bits per heavy atom. The monoisotopic (exact) mass is 584 g/mol. The summed E-state index contributed by atoms with van der Waals surface area (Å²) >= 11 is 6.48. The number of aromatic hydroxyl groups is 1. The lowest BCUT2D eigenvalue weighted by Crippen LogP contribution is -2.43. The molecule has 1 fully saturated rings. The predicted molar refractivity (Wildman–Crippen MR) is 164 cm³/mol. The van der Waals surface area contributed by atoms with Gasteiger partial charge in [-0.3, -0.25) is 14.5 Å². The van der Waals surface area contributed by atoms with Gasteiger partial charge < -0.3 is 26.0 Å². The van der Waals surface area contributed by atoms with E-state index in [-0.39, 0.29) is 16.7 Å². The van der Waals surface area contributed by atoms with E-state index < -0.39 is 5.82 Å². The normalized spacial score (nSPS) is 12.5. The lowest BCUT2D eigenvalue weighted by molar-refractivity contribution is -0.116. The second kappa shape index (κ2) is 16.2. The highest BCUT2D eigenvalue weighted by Gasteiger charge is 2.18. The van der Waals surface area contributed by atoms with Crippen molar-refractivity contribution in [2.75, 3.05) is 50.1 Å². The molecule has 11 heteroatoms. The third-order valence-electron chi connectivity index (χ3n) is 5.75. The van der Waals surface area contributed by atoms with Gasteiger partial charge in [0.05, 0.1) is 10.7 Å². The van der Waals surface area contributed by atoms with Crippen molar-refractivity contribution in [1.29, 1.82) is 0 Å². The van der Waals surface area contributed by atoms with E-state index in [4.69, 9.17) is 11.6 Å². The zero-order valence-electron chi connectivity index (χ0n) is 24.1. The number of benzene rings is 2. The number of phenols is 1. The van der Waals surface area contributed by atoms with Gasteiger partial charge >= 0.3 is 0 Å². The molecule has 0 aliphatic carbocycles. The van der Waals surface area contributed by atoms with Gasteiger partial charge in [0.2, 0.25) is 12.3 Å². The number of rotatable bonds is 7. The first-order valence-corrected chi connectivity index (χ1v) is 13.6. The van der Waals surface area contributed by atoms with E-state index >= 15 is 0 Å². The van der Waals surface area contributed by atoms with Gasteiger partial charge in [0.15, 0.2) is 0 Å². The molecule has 2 aromatic carbocycles. The Hall–Kier alpha value is -4.15. The number of hydrogen-bond acceptors (Lipinski definition) is 7. The minimum atomic E-state index is -0.489. The van der Waals surface area contributed by atoms with Gasteiger partial charge in [0.1, 0.15) is 17.4 Å². The van der Waals surface area contributed by atoms with Crippen molar-refractivity contribution < 1.29 is 19.1 Å². The Morgan fingerprint density at radius 2 is 1.66 bits per heavy atom. The van der Waals surface area contributed by atoms with Gasteiger partial charge in [-0.2, -0.15) is 0 Å². The molecule has 0 saturated carbocycles. The summed E-state index contributed by atoms with van der Waals surface area (Å²) in [5.74, 6) is -0.106. The maximum atomic E-state index is 14.7. The number of phenolic OH excluding ortho intramolecular Hbond substituents is 1.